The highest BCUT2D eigenvalue weighted by molar-refractivity contribution is 5.98. The van der Waals surface area contributed by atoms with Gasteiger partial charge in [-0.1, -0.05) is 18.7 Å². The van der Waals surface area contributed by atoms with E-state index in [4.69, 9.17) is 14.5 Å². The lowest BCUT2D eigenvalue weighted by atomic mass is 9.93. The Balaban J connectivity index is 1.48. The number of nitrogens with one attached hydrogen (secondary N) is 2. The molecule has 0 aliphatic carbocycles. The number of rotatable bonds is 7. The number of carbonyl (C=O) groups is 1. The fraction of sp³-hybridized carbons (Fsp3) is 0.222. The van der Waals surface area contributed by atoms with Gasteiger partial charge in [0.05, 0.1) is 20.3 Å². The van der Waals surface area contributed by atoms with Crippen molar-refractivity contribution in [1.82, 2.24) is 15.0 Å². The first-order valence-electron chi connectivity index (χ1n) is 11.7. The summed E-state index contributed by atoms with van der Waals surface area (Å²) in [7, 11) is 1.62. The summed E-state index contributed by atoms with van der Waals surface area (Å²) >= 11 is 0. The van der Waals surface area contributed by atoms with Crippen LogP contribution in [0, 0.1) is 0 Å². The minimum atomic E-state index is -0.260. The summed E-state index contributed by atoms with van der Waals surface area (Å²) in [6, 6.07) is 13.5. The van der Waals surface area contributed by atoms with Crippen LogP contribution in [0.1, 0.15) is 22.7 Å². The number of morpholine rings is 1. The summed E-state index contributed by atoms with van der Waals surface area (Å²) in [5.74, 6) is 1.09. The second-order valence-corrected chi connectivity index (χ2v) is 8.39. The van der Waals surface area contributed by atoms with Gasteiger partial charge in [-0.25, -0.2) is 0 Å². The van der Waals surface area contributed by atoms with E-state index < -0.39 is 0 Å². The number of nitrogens with zero attached hydrogens (tertiary/aromatic N) is 4. The van der Waals surface area contributed by atoms with E-state index in [1.807, 2.05) is 65.9 Å². The third-order valence-electron chi connectivity index (χ3n) is 6.15. The van der Waals surface area contributed by atoms with Gasteiger partial charge in [0.1, 0.15) is 17.5 Å². The van der Waals surface area contributed by atoms with Crippen molar-refractivity contribution in [2.45, 2.75) is 6.04 Å². The van der Waals surface area contributed by atoms with Gasteiger partial charge in [0.2, 0.25) is 11.8 Å². The number of aromatic nitrogens is 2. The van der Waals surface area contributed by atoms with E-state index in [0.29, 0.717) is 24.8 Å². The Kier molecular flexibility index (Phi) is 6.81. The monoisotopic (exact) mass is 484 g/mol. The molecule has 3 aromatic rings. The summed E-state index contributed by atoms with van der Waals surface area (Å²) in [6.07, 6.45) is 8.91. The number of pyridine rings is 2. The number of benzene rings is 1. The molecule has 0 bridgehead atoms. The fourth-order valence-corrected chi connectivity index (χ4v) is 4.40. The molecule has 36 heavy (non-hydrogen) atoms. The minimum absolute atomic E-state index is 0.220. The number of anilines is 3. The van der Waals surface area contributed by atoms with Gasteiger partial charge >= 0.3 is 0 Å². The smallest absolute Gasteiger partial charge is 0.247 e. The highest BCUT2D eigenvalue weighted by Gasteiger charge is 2.27. The second-order valence-electron chi connectivity index (χ2n) is 8.39. The molecule has 0 radical (unpaired) electrons. The van der Waals surface area contributed by atoms with Crippen molar-refractivity contribution in [3.8, 4) is 5.88 Å². The van der Waals surface area contributed by atoms with E-state index in [2.05, 4.69) is 27.2 Å². The molecule has 9 nitrogen and oxygen atoms in total. The van der Waals surface area contributed by atoms with Crippen LogP contribution in [0.15, 0.2) is 73.7 Å². The summed E-state index contributed by atoms with van der Waals surface area (Å²) in [6.45, 7) is 6.49. The number of hydrazine groups is 1. The third kappa shape index (κ3) is 4.87. The highest BCUT2D eigenvalue weighted by atomic mass is 16.5. The van der Waals surface area contributed by atoms with E-state index in [9.17, 15) is 4.79 Å². The maximum atomic E-state index is 11.9. The van der Waals surface area contributed by atoms with Crippen LogP contribution >= 0.6 is 0 Å². The normalized spacial score (nSPS) is 16.8. The zero-order chi connectivity index (χ0) is 24.9. The Labute approximate surface area is 210 Å². The molecular formula is C27H28N6O3. The van der Waals surface area contributed by atoms with Gasteiger partial charge in [0, 0.05) is 42.9 Å². The van der Waals surface area contributed by atoms with Crippen LogP contribution in [-0.4, -0.2) is 54.3 Å². The summed E-state index contributed by atoms with van der Waals surface area (Å²) in [4.78, 5) is 23.2. The van der Waals surface area contributed by atoms with E-state index in [1.54, 1.807) is 13.3 Å². The Morgan fingerprint density at radius 2 is 2.08 bits per heavy atom. The number of carbonyl (C=O) groups excluding carboxylic acids is 1. The van der Waals surface area contributed by atoms with Gasteiger partial charge in [-0.2, -0.15) is 4.98 Å². The van der Waals surface area contributed by atoms with Crippen molar-refractivity contribution < 1.29 is 14.3 Å². The SMILES string of the molecule is C=CC(=O)Nc1cccc(C2c3cnccc3C=CN2Nc2ccc(N3CCOCC3)nc2OC)c1. The maximum absolute atomic E-state index is 11.9. The number of amides is 1. The molecule has 2 aliphatic rings. The molecule has 1 unspecified atom stereocenters. The van der Waals surface area contributed by atoms with Crippen LogP contribution in [-0.2, 0) is 9.53 Å². The number of fused-ring (bicyclic) bond motifs is 1. The van der Waals surface area contributed by atoms with Crippen LogP contribution < -0.4 is 20.4 Å². The topological polar surface area (TPSA) is 91.9 Å². The molecule has 4 heterocycles. The zero-order valence-electron chi connectivity index (χ0n) is 20.1. The molecule has 1 atom stereocenters. The Bertz CT molecular complexity index is 1290. The van der Waals surface area contributed by atoms with E-state index >= 15 is 0 Å². The van der Waals surface area contributed by atoms with Crippen molar-refractivity contribution in [2.24, 2.45) is 0 Å². The molecule has 1 saturated heterocycles. The second kappa shape index (κ2) is 10.5. The molecule has 1 amide bonds. The molecular weight excluding hydrogens is 456 g/mol. The highest BCUT2D eigenvalue weighted by Crippen LogP contribution is 2.37. The predicted octanol–water partition coefficient (Wildman–Crippen LogP) is 3.85. The zero-order valence-corrected chi connectivity index (χ0v) is 20.1. The first-order valence-corrected chi connectivity index (χ1v) is 11.7. The molecule has 2 N–H and O–H groups in total. The van der Waals surface area contributed by atoms with Crippen LogP contribution in [0.5, 0.6) is 5.88 Å². The molecule has 1 fully saturated rings. The van der Waals surface area contributed by atoms with Crippen molar-refractivity contribution in [3.63, 3.8) is 0 Å². The van der Waals surface area contributed by atoms with Crippen LogP contribution in [0.25, 0.3) is 6.08 Å². The fourth-order valence-electron chi connectivity index (χ4n) is 4.40. The largest absolute Gasteiger partial charge is 0.479 e. The van der Waals surface area contributed by atoms with E-state index in [1.165, 1.54) is 6.08 Å². The number of methoxy groups -OCH3 is 1. The minimum Gasteiger partial charge on any atom is -0.479 e. The van der Waals surface area contributed by atoms with Gasteiger partial charge in [-0.15, -0.1) is 0 Å². The molecule has 9 heteroatoms. The molecule has 184 valence electrons. The average Bonchev–Trinajstić information content (AvgIpc) is 2.93. The Hall–Kier alpha value is -4.37. The number of hydrogen-bond donors (Lipinski definition) is 2. The lowest BCUT2D eigenvalue weighted by Crippen LogP contribution is -2.37. The number of hydrogen-bond acceptors (Lipinski definition) is 8. The lowest BCUT2D eigenvalue weighted by molar-refractivity contribution is -0.111. The quantitative estimate of drug-likeness (QED) is 0.489. The third-order valence-corrected chi connectivity index (χ3v) is 6.15. The van der Waals surface area contributed by atoms with Crippen LogP contribution in [0.2, 0.25) is 0 Å². The number of ether oxygens (including phenoxy) is 2. The molecule has 0 saturated carbocycles. The summed E-state index contributed by atoms with van der Waals surface area (Å²) in [5, 5.41) is 4.83. The average molecular weight is 485 g/mol. The van der Waals surface area contributed by atoms with Crippen LogP contribution in [0.3, 0.4) is 0 Å². The summed E-state index contributed by atoms with van der Waals surface area (Å²) < 4.78 is 11.1. The maximum Gasteiger partial charge on any atom is 0.247 e. The molecule has 2 aliphatic heterocycles. The van der Waals surface area contributed by atoms with Crippen molar-refractivity contribution in [3.05, 3.63) is 90.4 Å². The Morgan fingerprint density at radius 1 is 1.22 bits per heavy atom. The van der Waals surface area contributed by atoms with E-state index in [0.717, 1.165) is 41.3 Å². The van der Waals surface area contributed by atoms with Crippen molar-refractivity contribution >= 4 is 29.2 Å². The molecule has 1 aromatic carbocycles. The predicted molar refractivity (Wildman–Crippen MR) is 140 cm³/mol. The summed E-state index contributed by atoms with van der Waals surface area (Å²) in [5.41, 5.74) is 7.96. The van der Waals surface area contributed by atoms with Crippen LogP contribution in [0.4, 0.5) is 17.2 Å². The Morgan fingerprint density at radius 3 is 2.89 bits per heavy atom. The van der Waals surface area contributed by atoms with Crippen molar-refractivity contribution in [2.75, 3.05) is 49.1 Å². The molecule has 0 spiro atoms. The lowest BCUT2D eigenvalue weighted by Gasteiger charge is -2.36. The standard InChI is InChI=1S/C27H28N6O3/c1-3-25(34)29-21-6-4-5-20(17-21)26-22-18-28-11-9-19(22)10-12-33(26)31-23-7-8-24(30-27(23)35-2)32-13-15-36-16-14-32/h3-12,17-18,26,31H,1,13-16H2,2H3,(H,29,34). The van der Waals surface area contributed by atoms with Gasteiger partial charge in [0.15, 0.2) is 0 Å². The van der Waals surface area contributed by atoms with Gasteiger partial charge in [-0.3, -0.25) is 20.2 Å². The first kappa shape index (κ1) is 23.4. The van der Waals surface area contributed by atoms with Gasteiger partial charge in [0.25, 0.3) is 0 Å². The van der Waals surface area contributed by atoms with Gasteiger partial charge < -0.3 is 19.7 Å². The molecule has 5 rings (SSSR count). The molecule has 2 aromatic heterocycles. The van der Waals surface area contributed by atoms with Gasteiger partial charge in [-0.05, 0) is 53.6 Å². The van der Waals surface area contributed by atoms with Crippen molar-refractivity contribution in [1.29, 1.82) is 0 Å². The van der Waals surface area contributed by atoms with E-state index in [-0.39, 0.29) is 11.9 Å². The first-order chi connectivity index (χ1) is 17.7.